The van der Waals surface area contributed by atoms with Gasteiger partial charge < -0.3 is 5.32 Å². The highest BCUT2D eigenvalue weighted by Crippen LogP contribution is 2.32. The minimum absolute atomic E-state index is 0.774. The first-order valence-corrected chi connectivity index (χ1v) is 7.93. The molecule has 1 fully saturated rings. The molecule has 1 aromatic heterocycles. The van der Waals surface area contributed by atoms with Crippen molar-refractivity contribution in [2.75, 3.05) is 6.54 Å². The van der Waals surface area contributed by atoms with E-state index < -0.39 is 0 Å². The van der Waals surface area contributed by atoms with Crippen molar-refractivity contribution in [3.8, 4) is 0 Å². The van der Waals surface area contributed by atoms with Crippen molar-refractivity contribution >= 4 is 11.3 Å². The van der Waals surface area contributed by atoms with E-state index in [-0.39, 0.29) is 0 Å². The van der Waals surface area contributed by atoms with Crippen LogP contribution in [0.1, 0.15) is 44.4 Å². The number of hydrogen-bond acceptors (Lipinski definition) is 2. The molecule has 0 amide bonds. The third-order valence-electron chi connectivity index (χ3n) is 4.05. The van der Waals surface area contributed by atoms with Gasteiger partial charge in [0.05, 0.1) is 0 Å². The number of nitrogens with one attached hydrogen (secondary N) is 1. The number of thiophene rings is 1. The molecule has 0 bridgehead atoms. The van der Waals surface area contributed by atoms with E-state index in [0.717, 1.165) is 24.4 Å². The Bertz CT molecular complexity index is 307. The summed E-state index contributed by atoms with van der Waals surface area (Å²) in [5.41, 5.74) is 0. The molecule has 0 spiro atoms. The maximum atomic E-state index is 3.69. The molecule has 0 radical (unpaired) electrons. The summed E-state index contributed by atoms with van der Waals surface area (Å²) in [5, 5.41) is 5.88. The van der Waals surface area contributed by atoms with Gasteiger partial charge in [0.2, 0.25) is 0 Å². The van der Waals surface area contributed by atoms with E-state index in [9.17, 15) is 0 Å². The summed E-state index contributed by atoms with van der Waals surface area (Å²) >= 11 is 1.91. The van der Waals surface area contributed by atoms with Gasteiger partial charge in [-0.15, -0.1) is 11.3 Å². The van der Waals surface area contributed by atoms with Gasteiger partial charge in [-0.3, -0.25) is 0 Å². The summed E-state index contributed by atoms with van der Waals surface area (Å²) in [6.07, 6.45) is 6.85. The molecule has 1 nitrogen and oxygen atoms in total. The summed E-state index contributed by atoms with van der Waals surface area (Å²) < 4.78 is 0. The van der Waals surface area contributed by atoms with Crippen LogP contribution >= 0.6 is 11.3 Å². The molecule has 1 N–H and O–H groups in total. The van der Waals surface area contributed by atoms with Gasteiger partial charge in [-0.05, 0) is 61.9 Å². The van der Waals surface area contributed by atoms with E-state index >= 15 is 0 Å². The van der Waals surface area contributed by atoms with Crippen molar-refractivity contribution in [3.63, 3.8) is 0 Å². The first-order valence-electron chi connectivity index (χ1n) is 7.05. The van der Waals surface area contributed by atoms with Gasteiger partial charge in [-0.25, -0.2) is 0 Å². The molecule has 3 unspecified atom stereocenters. The minimum atomic E-state index is 0.774. The third kappa shape index (κ3) is 3.82. The van der Waals surface area contributed by atoms with Crippen molar-refractivity contribution in [3.05, 3.63) is 22.4 Å². The van der Waals surface area contributed by atoms with Gasteiger partial charge in [-0.2, -0.15) is 0 Å². The van der Waals surface area contributed by atoms with Crippen LogP contribution in [0.3, 0.4) is 0 Å². The summed E-state index contributed by atoms with van der Waals surface area (Å²) in [4.78, 5) is 1.55. The Kier molecular flexibility index (Phi) is 5.05. The molecule has 1 saturated carbocycles. The second kappa shape index (κ2) is 6.55. The summed E-state index contributed by atoms with van der Waals surface area (Å²) in [6.45, 7) is 5.77. The van der Waals surface area contributed by atoms with Crippen LogP contribution in [0.15, 0.2) is 17.5 Å². The van der Waals surface area contributed by atoms with Crippen LogP contribution in [-0.2, 0) is 6.42 Å². The largest absolute Gasteiger partial charge is 0.314 e. The number of aryl methyl sites for hydroxylation is 1. The zero-order chi connectivity index (χ0) is 12.1. The lowest BCUT2D eigenvalue weighted by molar-refractivity contribution is 0.205. The second-order valence-electron chi connectivity index (χ2n) is 5.46. The molecule has 2 heteroatoms. The summed E-state index contributed by atoms with van der Waals surface area (Å²) in [5.74, 6) is 1.82. The Balaban J connectivity index is 1.86. The van der Waals surface area contributed by atoms with Gasteiger partial charge in [-0.1, -0.05) is 19.9 Å². The Morgan fingerprint density at radius 1 is 1.41 bits per heavy atom. The molecule has 0 aromatic carbocycles. The van der Waals surface area contributed by atoms with Gasteiger partial charge in [0.15, 0.2) is 0 Å². The zero-order valence-electron chi connectivity index (χ0n) is 11.1. The molecule has 96 valence electrons. The molecule has 3 atom stereocenters. The van der Waals surface area contributed by atoms with E-state index in [4.69, 9.17) is 0 Å². The van der Waals surface area contributed by atoms with Crippen LogP contribution in [0.5, 0.6) is 0 Å². The van der Waals surface area contributed by atoms with Gasteiger partial charge >= 0.3 is 0 Å². The fourth-order valence-corrected chi connectivity index (χ4v) is 3.86. The second-order valence-corrected chi connectivity index (χ2v) is 6.49. The molecule has 1 aromatic rings. The van der Waals surface area contributed by atoms with Crippen LogP contribution in [-0.4, -0.2) is 12.6 Å². The molecule has 0 saturated heterocycles. The predicted molar refractivity (Wildman–Crippen MR) is 76.6 cm³/mol. The first-order chi connectivity index (χ1) is 8.29. The topological polar surface area (TPSA) is 12.0 Å². The fraction of sp³-hybridized carbons (Fsp3) is 0.733. The maximum absolute atomic E-state index is 3.69. The first kappa shape index (κ1) is 13.1. The van der Waals surface area contributed by atoms with Crippen LogP contribution < -0.4 is 5.32 Å². The molecular weight excluding hydrogens is 226 g/mol. The summed E-state index contributed by atoms with van der Waals surface area (Å²) in [6, 6.07) is 5.22. The highest BCUT2D eigenvalue weighted by molar-refractivity contribution is 7.09. The van der Waals surface area contributed by atoms with E-state index in [0.29, 0.717) is 0 Å². The van der Waals surface area contributed by atoms with E-state index in [2.05, 4.69) is 36.7 Å². The molecule has 2 rings (SSSR count). The average molecular weight is 251 g/mol. The lowest BCUT2D eigenvalue weighted by Gasteiger charge is -2.35. The Morgan fingerprint density at radius 3 is 3.00 bits per heavy atom. The van der Waals surface area contributed by atoms with Crippen molar-refractivity contribution in [2.45, 2.75) is 52.0 Å². The van der Waals surface area contributed by atoms with Crippen molar-refractivity contribution in [2.24, 2.45) is 11.8 Å². The monoisotopic (exact) mass is 251 g/mol. The van der Waals surface area contributed by atoms with Crippen molar-refractivity contribution in [1.29, 1.82) is 0 Å². The molecular formula is C15H25NS. The van der Waals surface area contributed by atoms with Gasteiger partial charge in [0.25, 0.3) is 0 Å². The Morgan fingerprint density at radius 2 is 2.29 bits per heavy atom. The van der Waals surface area contributed by atoms with Crippen molar-refractivity contribution < 1.29 is 0 Å². The molecule has 17 heavy (non-hydrogen) atoms. The molecule has 0 aliphatic heterocycles. The van der Waals surface area contributed by atoms with Crippen LogP contribution in [0.2, 0.25) is 0 Å². The Hall–Kier alpha value is -0.340. The van der Waals surface area contributed by atoms with Crippen molar-refractivity contribution in [1.82, 2.24) is 5.32 Å². The molecule has 1 aliphatic carbocycles. The maximum Gasteiger partial charge on any atom is 0.00955 e. The Labute approximate surface area is 110 Å². The SMILES string of the molecule is CCNC1CCC(C)CC1CCc1cccs1. The lowest BCUT2D eigenvalue weighted by Crippen LogP contribution is -2.40. The number of hydrogen-bond donors (Lipinski definition) is 1. The van der Waals surface area contributed by atoms with Gasteiger partial charge in [0, 0.05) is 10.9 Å². The normalized spacial score (nSPS) is 29.4. The van der Waals surface area contributed by atoms with Crippen LogP contribution in [0.25, 0.3) is 0 Å². The zero-order valence-corrected chi connectivity index (χ0v) is 11.9. The highest BCUT2D eigenvalue weighted by Gasteiger charge is 2.27. The van der Waals surface area contributed by atoms with E-state index in [1.54, 1.807) is 4.88 Å². The van der Waals surface area contributed by atoms with E-state index in [1.807, 2.05) is 11.3 Å². The smallest absolute Gasteiger partial charge is 0.00955 e. The average Bonchev–Trinajstić information content (AvgIpc) is 2.82. The highest BCUT2D eigenvalue weighted by atomic mass is 32.1. The quantitative estimate of drug-likeness (QED) is 0.831. The predicted octanol–water partition coefficient (Wildman–Crippen LogP) is 4.10. The standard InChI is InChI=1S/C15H25NS/c1-3-16-15-9-6-12(2)11-13(15)7-8-14-5-4-10-17-14/h4-5,10,12-13,15-16H,3,6-9,11H2,1-2H3. The minimum Gasteiger partial charge on any atom is -0.314 e. The van der Waals surface area contributed by atoms with Gasteiger partial charge in [0.1, 0.15) is 0 Å². The molecule has 1 heterocycles. The number of rotatable bonds is 5. The van der Waals surface area contributed by atoms with E-state index in [1.165, 1.54) is 32.1 Å². The molecule has 1 aliphatic rings. The fourth-order valence-electron chi connectivity index (χ4n) is 3.13. The summed E-state index contributed by atoms with van der Waals surface area (Å²) in [7, 11) is 0. The van der Waals surface area contributed by atoms with Crippen LogP contribution in [0, 0.1) is 11.8 Å². The lowest BCUT2D eigenvalue weighted by atomic mass is 9.76. The third-order valence-corrected chi connectivity index (χ3v) is 4.99. The van der Waals surface area contributed by atoms with Crippen LogP contribution in [0.4, 0.5) is 0 Å².